The molecule has 0 aliphatic heterocycles. The molecule has 1 aromatic heterocycles. The van der Waals surface area contributed by atoms with Crippen LogP contribution in [0.5, 0.6) is 0 Å². The van der Waals surface area contributed by atoms with Crippen LogP contribution in [0.25, 0.3) is 0 Å². The fourth-order valence-electron chi connectivity index (χ4n) is 1.79. The summed E-state index contributed by atoms with van der Waals surface area (Å²) >= 11 is 5.60. The van der Waals surface area contributed by atoms with Gasteiger partial charge in [0, 0.05) is 6.20 Å². The number of nitrogens with one attached hydrogen (secondary N) is 1. The summed E-state index contributed by atoms with van der Waals surface area (Å²) in [6.07, 6.45) is 1.27. The van der Waals surface area contributed by atoms with Gasteiger partial charge in [-0.3, -0.25) is 4.79 Å². The van der Waals surface area contributed by atoms with Gasteiger partial charge in [0.2, 0.25) is 0 Å². The molecule has 0 bridgehead atoms. The number of carbonyl (C=O) groups is 1. The lowest BCUT2D eigenvalue weighted by molar-refractivity contribution is 0.0911. The lowest BCUT2D eigenvalue weighted by Crippen LogP contribution is -2.31. The van der Waals surface area contributed by atoms with Gasteiger partial charge < -0.3 is 10.4 Å². The van der Waals surface area contributed by atoms with Crippen molar-refractivity contribution >= 4 is 17.5 Å². The number of benzene rings is 1. The Morgan fingerprint density at radius 2 is 2.23 bits per heavy atom. The van der Waals surface area contributed by atoms with Crippen molar-refractivity contribution < 1.29 is 14.3 Å². The van der Waals surface area contributed by atoms with Gasteiger partial charge in [-0.05, 0) is 29.8 Å². The summed E-state index contributed by atoms with van der Waals surface area (Å²) in [6.45, 7) is -0.414. The number of nitrogens with zero attached hydrogens (tertiary/aromatic N) is 2. The molecule has 112 valence electrons. The standard InChI is InChI=1S/C15H11ClFN3O2/c16-11-3-2-10(5-12(11)17)14(8-21)20-15(22)13-4-1-9(6-18)7-19-13/h1-5,7,14,21H,8H2,(H,20,22)/t14-/m1/s1. The van der Waals surface area contributed by atoms with Crippen LogP contribution in [0.2, 0.25) is 5.02 Å². The Morgan fingerprint density at radius 3 is 2.77 bits per heavy atom. The summed E-state index contributed by atoms with van der Waals surface area (Å²) in [5.41, 5.74) is 0.799. The molecule has 7 heteroatoms. The molecule has 0 aliphatic rings. The normalized spacial score (nSPS) is 11.5. The minimum atomic E-state index is -0.795. The molecule has 1 atom stereocenters. The quantitative estimate of drug-likeness (QED) is 0.904. The van der Waals surface area contributed by atoms with E-state index < -0.39 is 24.4 Å². The Kier molecular flexibility index (Phi) is 5.04. The van der Waals surface area contributed by atoms with Crippen LogP contribution in [0.15, 0.2) is 36.5 Å². The van der Waals surface area contributed by atoms with E-state index in [0.717, 1.165) is 6.07 Å². The number of hydrogen-bond donors (Lipinski definition) is 2. The number of carbonyl (C=O) groups excluding carboxylic acids is 1. The maximum absolute atomic E-state index is 13.5. The van der Waals surface area contributed by atoms with Crippen LogP contribution in [0.3, 0.4) is 0 Å². The van der Waals surface area contributed by atoms with Crippen LogP contribution in [0, 0.1) is 17.1 Å². The van der Waals surface area contributed by atoms with E-state index in [2.05, 4.69) is 10.3 Å². The number of rotatable bonds is 4. The maximum Gasteiger partial charge on any atom is 0.270 e. The molecule has 22 heavy (non-hydrogen) atoms. The number of amides is 1. The number of nitriles is 1. The third-order valence-electron chi connectivity index (χ3n) is 2.96. The molecule has 0 saturated heterocycles. The van der Waals surface area contributed by atoms with E-state index in [9.17, 15) is 14.3 Å². The molecule has 0 saturated carbocycles. The monoisotopic (exact) mass is 319 g/mol. The molecule has 2 rings (SSSR count). The van der Waals surface area contributed by atoms with E-state index in [1.807, 2.05) is 6.07 Å². The average Bonchev–Trinajstić information content (AvgIpc) is 2.55. The van der Waals surface area contributed by atoms with Gasteiger partial charge in [-0.2, -0.15) is 5.26 Å². The van der Waals surface area contributed by atoms with E-state index in [1.54, 1.807) is 0 Å². The minimum Gasteiger partial charge on any atom is -0.394 e. The molecule has 5 nitrogen and oxygen atoms in total. The fourth-order valence-corrected chi connectivity index (χ4v) is 1.91. The van der Waals surface area contributed by atoms with E-state index in [0.29, 0.717) is 11.1 Å². The molecule has 1 heterocycles. The Labute approximate surface area is 131 Å². The zero-order chi connectivity index (χ0) is 16.1. The summed E-state index contributed by atoms with van der Waals surface area (Å²) in [5.74, 6) is -1.18. The molecule has 0 spiro atoms. The van der Waals surface area contributed by atoms with Gasteiger partial charge in [-0.25, -0.2) is 9.37 Å². The summed E-state index contributed by atoms with van der Waals surface area (Å²) < 4.78 is 13.5. The number of pyridine rings is 1. The minimum absolute atomic E-state index is 0.0412. The summed E-state index contributed by atoms with van der Waals surface area (Å²) in [5, 5.41) is 20.6. The second kappa shape index (κ2) is 6.98. The molecule has 1 aromatic carbocycles. The highest BCUT2D eigenvalue weighted by Gasteiger charge is 2.17. The van der Waals surface area contributed by atoms with Crippen molar-refractivity contribution in [3.05, 3.63) is 64.2 Å². The summed E-state index contributed by atoms with van der Waals surface area (Å²) in [7, 11) is 0. The molecule has 0 fully saturated rings. The molecule has 2 aromatic rings. The molecule has 1 amide bonds. The Balaban J connectivity index is 2.16. The first-order valence-electron chi connectivity index (χ1n) is 6.28. The largest absolute Gasteiger partial charge is 0.394 e. The van der Waals surface area contributed by atoms with E-state index in [1.165, 1.54) is 30.5 Å². The van der Waals surface area contributed by atoms with Gasteiger partial charge in [-0.15, -0.1) is 0 Å². The predicted molar refractivity (Wildman–Crippen MR) is 77.7 cm³/mol. The zero-order valence-electron chi connectivity index (χ0n) is 11.3. The topological polar surface area (TPSA) is 86.0 Å². The van der Waals surface area contributed by atoms with Crippen molar-refractivity contribution in [1.29, 1.82) is 5.26 Å². The van der Waals surface area contributed by atoms with Crippen LogP contribution >= 0.6 is 11.6 Å². The molecule has 0 unspecified atom stereocenters. The van der Waals surface area contributed by atoms with Crippen LogP contribution in [-0.4, -0.2) is 22.6 Å². The van der Waals surface area contributed by atoms with Gasteiger partial charge in [0.05, 0.1) is 23.2 Å². The molecule has 0 radical (unpaired) electrons. The van der Waals surface area contributed by atoms with Crippen molar-refractivity contribution in [1.82, 2.24) is 10.3 Å². The third kappa shape index (κ3) is 3.58. The maximum atomic E-state index is 13.5. The van der Waals surface area contributed by atoms with Crippen LogP contribution in [0.4, 0.5) is 4.39 Å². The van der Waals surface area contributed by atoms with Crippen LogP contribution < -0.4 is 5.32 Å². The van der Waals surface area contributed by atoms with E-state index in [-0.39, 0.29) is 10.7 Å². The smallest absolute Gasteiger partial charge is 0.270 e. The molecule has 2 N–H and O–H groups in total. The van der Waals surface area contributed by atoms with Gasteiger partial charge >= 0.3 is 0 Å². The second-order valence-electron chi connectivity index (χ2n) is 4.43. The number of hydrogen-bond acceptors (Lipinski definition) is 4. The number of halogens is 2. The van der Waals surface area contributed by atoms with Crippen LogP contribution in [0.1, 0.15) is 27.7 Å². The Hall–Kier alpha value is -2.49. The lowest BCUT2D eigenvalue weighted by atomic mass is 10.1. The van der Waals surface area contributed by atoms with Crippen molar-refractivity contribution in [2.45, 2.75) is 6.04 Å². The fraction of sp³-hybridized carbons (Fsp3) is 0.133. The first-order valence-corrected chi connectivity index (χ1v) is 6.65. The second-order valence-corrected chi connectivity index (χ2v) is 4.83. The van der Waals surface area contributed by atoms with Crippen LogP contribution in [-0.2, 0) is 0 Å². The number of aliphatic hydroxyl groups is 1. The average molecular weight is 320 g/mol. The molecule has 0 aliphatic carbocycles. The molecular formula is C15H11ClFN3O2. The Bertz CT molecular complexity index is 729. The first-order chi connectivity index (χ1) is 10.5. The summed E-state index contributed by atoms with van der Waals surface area (Å²) in [4.78, 5) is 15.9. The van der Waals surface area contributed by atoms with E-state index in [4.69, 9.17) is 16.9 Å². The van der Waals surface area contributed by atoms with E-state index >= 15 is 0 Å². The highest BCUT2D eigenvalue weighted by molar-refractivity contribution is 6.30. The SMILES string of the molecule is N#Cc1ccc(C(=O)N[C@H](CO)c2ccc(Cl)c(F)c2)nc1. The van der Waals surface area contributed by atoms with Crippen molar-refractivity contribution in [2.75, 3.05) is 6.61 Å². The van der Waals surface area contributed by atoms with Gasteiger partial charge in [0.15, 0.2) is 0 Å². The highest BCUT2D eigenvalue weighted by Crippen LogP contribution is 2.20. The highest BCUT2D eigenvalue weighted by atomic mass is 35.5. The summed E-state index contributed by atoms with van der Waals surface area (Å²) in [6, 6.07) is 7.96. The van der Waals surface area contributed by atoms with Gasteiger partial charge in [-0.1, -0.05) is 17.7 Å². The zero-order valence-corrected chi connectivity index (χ0v) is 12.0. The Morgan fingerprint density at radius 1 is 1.45 bits per heavy atom. The van der Waals surface area contributed by atoms with Crippen molar-refractivity contribution in [2.24, 2.45) is 0 Å². The molecular weight excluding hydrogens is 309 g/mol. The predicted octanol–water partition coefficient (Wildman–Crippen LogP) is 2.21. The van der Waals surface area contributed by atoms with Gasteiger partial charge in [0.1, 0.15) is 17.6 Å². The number of aliphatic hydroxyl groups excluding tert-OH is 1. The number of aromatic nitrogens is 1. The first kappa shape index (κ1) is 15.9. The lowest BCUT2D eigenvalue weighted by Gasteiger charge is -2.16. The van der Waals surface area contributed by atoms with Crippen molar-refractivity contribution in [3.63, 3.8) is 0 Å². The van der Waals surface area contributed by atoms with Crippen molar-refractivity contribution in [3.8, 4) is 6.07 Å². The third-order valence-corrected chi connectivity index (χ3v) is 3.27. The van der Waals surface area contributed by atoms with Gasteiger partial charge in [0.25, 0.3) is 5.91 Å².